The van der Waals surface area contributed by atoms with Gasteiger partial charge in [-0.15, -0.1) is 11.8 Å². The SMILES string of the molecule is COc1ccc(SCC(=O)Nc2ccccc2)cc1. The van der Waals surface area contributed by atoms with Crippen molar-refractivity contribution in [3.8, 4) is 5.75 Å². The van der Waals surface area contributed by atoms with Crippen LogP contribution in [0.25, 0.3) is 0 Å². The summed E-state index contributed by atoms with van der Waals surface area (Å²) in [6, 6.07) is 17.1. The van der Waals surface area contributed by atoms with Crippen molar-refractivity contribution in [2.75, 3.05) is 18.2 Å². The molecule has 2 rings (SSSR count). The number of benzene rings is 2. The highest BCUT2D eigenvalue weighted by molar-refractivity contribution is 8.00. The van der Waals surface area contributed by atoms with Gasteiger partial charge in [-0.05, 0) is 36.4 Å². The number of carbonyl (C=O) groups is 1. The highest BCUT2D eigenvalue weighted by atomic mass is 32.2. The molecule has 0 aliphatic rings. The molecule has 2 aromatic carbocycles. The zero-order chi connectivity index (χ0) is 13.5. The summed E-state index contributed by atoms with van der Waals surface area (Å²) in [5.74, 6) is 1.20. The van der Waals surface area contributed by atoms with E-state index in [1.807, 2.05) is 54.6 Å². The Morgan fingerprint density at radius 3 is 2.42 bits per heavy atom. The molecule has 3 nitrogen and oxygen atoms in total. The fourth-order valence-electron chi connectivity index (χ4n) is 1.54. The molecule has 19 heavy (non-hydrogen) atoms. The van der Waals surface area contributed by atoms with Crippen LogP contribution in [-0.2, 0) is 4.79 Å². The van der Waals surface area contributed by atoms with Crippen LogP contribution < -0.4 is 10.1 Å². The Balaban J connectivity index is 1.83. The van der Waals surface area contributed by atoms with Crippen LogP contribution in [0, 0.1) is 0 Å². The van der Waals surface area contributed by atoms with Crippen molar-refractivity contribution in [3.63, 3.8) is 0 Å². The van der Waals surface area contributed by atoms with Gasteiger partial charge in [0.2, 0.25) is 5.91 Å². The molecule has 0 saturated carbocycles. The van der Waals surface area contributed by atoms with E-state index in [1.165, 1.54) is 11.8 Å². The number of carbonyl (C=O) groups excluding carboxylic acids is 1. The number of para-hydroxylation sites is 1. The van der Waals surface area contributed by atoms with Crippen LogP contribution in [0.4, 0.5) is 5.69 Å². The lowest BCUT2D eigenvalue weighted by molar-refractivity contribution is -0.113. The van der Waals surface area contributed by atoms with Crippen molar-refractivity contribution in [2.45, 2.75) is 4.90 Å². The molecule has 0 aliphatic carbocycles. The van der Waals surface area contributed by atoms with Gasteiger partial charge >= 0.3 is 0 Å². The number of anilines is 1. The van der Waals surface area contributed by atoms with E-state index in [9.17, 15) is 4.79 Å². The van der Waals surface area contributed by atoms with Gasteiger partial charge in [0.15, 0.2) is 0 Å². The largest absolute Gasteiger partial charge is 0.497 e. The third-order valence-corrected chi connectivity index (χ3v) is 3.50. The van der Waals surface area contributed by atoms with Gasteiger partial charge in [0.25, 0.3) is 0 Å². The number of rotatable bonds is 5. The molecule has 98 valence electrons. The molecule has 0 aromatic heterocycles. The third-order valence-electron chi connectivity index (χ3n) is 2.49. The van der Waals surface area contributed by atoms with Gasteiger partial charge in [0.05, 0.1) is 12.9 Å². The first kappa shape index (κ1) is 13.5. The predicted molar refractivity (Wildman–Crippen MR) is 78.8 cm³/mol. The maximum Gasteiger partial charge on any atom is 0.234 e. The summed E-state index contributed by atoms with van der Waals surface area (Å²) in [5, 5.41) is 2.85. The number of thioether (sulfide) groups is 1. The monoisotopic (exact) mass is 273 g/mol. The Morgan fingerprint density at radius 1 is 1.11 bits per heavy atom. The molecule has 0 radical (unpaired) electrons. The second-order valence-electron chi connectivity index (χ2n) is 3.88. The maximum absolute atomic E-state index is 11.8. The summed E-state index contributed by atoms with van der Waals surface area (Å²) in [5.41, 5.74) is 0.822. The molecular weight excluding hydrogens is 258 g/mol. The number of amides is 1. The first-order valence-electron chi connectivity index (χ1n) is 5.89. The molecule has 0 aliphatic heterocycles. The molecular formula is C15H15NO2S. The molecule has 0 saturated heterocycles. The molecule has 1 N–H and O–H groups in total. The van der Waals surface area contributed by atoms with Crippen LogP contribution in [0.3, 0.4) is 0 Å². The zero-order valence-corrected chi connectivity index (χ0v) is 11.4. The van der Waals surface area contributed by atoms with Crippen molar-refractivity contribution in [1.29, 1.82) is 0 Å². The second-order valence-corrected chi connectivity index (χ2v) is 4.93. The molecule has 2 aromatic rings. The van der Waals surface area contributed by atoms with Gasteiger partial charge in [-0.2, -0.15) is 0 Å². The Kier molecular flexibility index (Phi) is 4.86. The lowest BCUT2D eigenvalue weighted by Crippen LogP contribution is -2.13. The summed E-state index contributed by atoms with van der Waals surface area (Å²) in [6.07, 6.45) is 0. The van der Waals surface area contributed by atoms with Crippen molar-refractivity contribution < 1.29 is 9.53 Å². The van der Waals surface area contributed by atoms with Gasteiger partial charge in [-0.25, -0.2) is 0 Å². The lowest BCUT2D eigenvalue weighted by Gasteiger charge is -2.05. The minimum atomic E-state index is -0.00739. The van der Waals surface area contributed by atoms with Gasteiger partial charge in [0.1, 0.15) is 5.75 Å². The van der Waals surface area contributed by atoms with E-state index in [0.29, 0.717) is 5.75 Å². The average Bonchev–Trinajstić information content (AvgIpc) is 2.47. The number of nitrogens with one attached hydrogen (secondary N) is 1. The number of hydrogen-bond acceptors (Lipinski definition) is 3. The first-order chi connectivity index (χ1) is 9.28. The Hall–Kier alpha value is -1.94. The highest BCUT2D eigenvalue weighted by Gasteiger charge is 2.03. The zero-order valence-electron chi connectivity index (χ0n) is 10.6. The molecule has 0 bridgehead atoms. The van der Waals surface area contributed by atoms with Crippen molar-refractivity contribution >= 4 is 23.4 Å². The van der Waals surface area contributed by atoms with E-state index in [0.717, 1.165) is 16.3 Å². The molecule has 0 fully saturated rings. The summed E-state index contributed by atoms with van der Waals surface area (Å²) < 4.78 is 5.09. The van der Waals surface area contributed by atoms with Gasteiger partial charge < -0.3 is 10.1 Å². The van der Waals surface area contributed by atoms with Crippen LogP contribution in [0.2, 0.25) is 0 Å². The Bertz CT molecular complexity index is 526. The normalized spacial score (nSPS) is 9.95. The maximum atomic E-state index is 11.8. The topological polar surface area (TPSA) is 38.3 Å². The van der Waals surface area contributed by atoms with E-state index >= 15 is 0 Å². The molecule has 0 unspecified atom stereocenters. The van der Waals surface area contributed by atoms with E-state index in [2.05, 4.69) is 5.32 Å². The van der Waals surface area contributed by atoms with E-state index in [-0.39, 0.29) is 5.91 Å². The van der Waals surface area contributed by atoms with Crippen LogP contribution in [0.5, 0.6) is 5.75 Å². The van der Waals surface area contributed by atoms with E-state index < -0.39 is 0 Å². The fraction of sp³-hybridized carbons (Fsp3) is 0.133. The molecule has 4 heteroatoms. The Morgan fingerprint density at radius 2 is 1.79 bits per heavy atom. The summed E-state index contributed by atoms with van der Waals surface area (Å²) in [7, 11) is 1.63. The average molecular weight is 273 g/mol. The summed E-state index contributed by atoms with van der Waals surface area (Å²) in [6.45, 7) is 0. The van der Waals surface area contributed by atoms with Gasteiger partial charge in [-0.1, -0.05) is 18.2 Å². The highest BCUT2D eigenvalue weighted by Crippen LogP contribution is 2.21. The predicted octanol–water partition coefficient (Wildman–Crippen LogP) is 3.43. The van der Waals surface area contributed by atoms with Crippen LogP contribution in [0.15, 0.2) is 59.5 Å². The minimum absolute atomic E-state index is 0.00739. The van der Waals surface area contributed by atoms with Crippen molar-refractivity contribution in [2.24, 2.45) is 0 Å². The standard InChI is InChI=1S/C15H15NO2S/c1-18-13-7-9-14(10-8-13)19-11-15(17)16-12-5-3-2-4-6-12/h2-10H,11H2,1H3,(H,16,17). The van der Waals surface area contributed by atoms with Crippen LogP contribution in [0.1, 0.15) is 0 Å². The number of methoxy groups -OCH3 is 1. The van der Waals surface area contributed by atoms with Gasteiger partial charge in [-0.3, -0.25) is 4.79 Å². The van der Waals surface area contributed by atoms with Gasteiger partial charge in [0, 0.05) is 10.6 Å². The van der Waals surface area contributed by atoms with E-state index in [4.69, 9.17) is 4.74 Å². The summed E-state index contributed by atoms with van der Waals surface area (Å²) in [4.78, 5) is 12.8. The van der Waals surface area contributed by atoms with Crippen molar-refractivity contribution in [1.82, 2.24) is 0 Å². The molecule has 0 heterocycles. The smallest absolute Gasteiger partial charge is 0.234 e. The fourth-order valence-corrected chi connectivity index (χ4v) is 2.24. The quantitative estimate of drug-likeness (QED) is 0.848. The van der Waals surface area contributed by atoms with E-state index in [1.54, 1.807) is 7.11 Å². The third kappa shape index (κ3) is 4.34. The minimum Gasteiger partial charge on any atom is -0.497 e. The number of hydrogen-bond donors (Lipinski definition) is 1. The lowest BCUT2D eigenvalue weighted by atomic mass is 10.3. The number of ether oxygens (including phenoxy) is 1. The second kappa shape index (κ2) is 6.85. The Labute approximate surface area is 117 Å². The molecule has 0 spiro atoms. The molecule has 1 amide bonds. The van der Waals surface area contributed by atoms with Crippen LogP contribution >= 0.6 is 11.8 Å². The first-order valence-corrected chi connectivity index (χ1v) is 6.88. The van der Waals surface area contributed by atoms with Crippen molar-refractivity contribution in [3.05, 3.63) is 54.6 Å². The van der Waals surface area contributed by atoms with Crippen LogP contribution in [-0.4, -0.2) is 18.8 Å². The molecule has 0 atom stereocenters. The summed E-state index contributed by atoms with van der Waals surface area (Å²) >= 11 is 1.50.